The molecule has 2 aromatic carbocycles. The fourth-order valence-electron chi connectivity index (χ4n) is 2.76. The number of benzene rings is 2. The standard InChI is InChI=1S/C22H28N2O6/c1-24(2)17-8-6-15(7-9-17)13-23-20(25)14-30-21(26)12-16-10-18(27-3)22(29-5)19(11-16)28-4/h6-11H,12-14H2,1-5H3,(H,23,25). The third kappa shape index (κ3) is 6.30. The zero-order valence-corrected chi connectivity index (χ0v) is 18.0. The van der Waals surface area contributed by atoms with E-state index >= 15 is 0 Å². The van der Waals surface area contributed by atoms with E-state index in [2.05, 4.69) is 5.32 Å². The second-order valence-corrected chi connectivity index (χ2v) is 6.71. The van der Waals surface area contributed by atoms with Gasteiger partial charge in [0.15, 0.2) is 18.1 Å². The zero-order valence-electron chi connectivity index (χ0n) is 18.0. The van der Waals surface area contributed by atoms with Gasteiger partial charge in [0.1, 0.15) is 0 Å². The maximum atomic E-state index is 12.1. The lowest BCUT2D eigenvalue weighted by Gasteiger charge is -2.14. The molecule has 1 N–H and O–H groups in total. The Hall–Kier alpha value is -3.42. The quantitative estimate of drug-likeness (QED) is 0.594. The summed E-state index contributed by atoms with van der Waals surface area (Å²) in [5.41, 5.74) is 2.65. The number of carbonyl (C=O) groups excluding carboxylic acids is 2. The van der Waals surface area contributed by atoms with Gasteiger partial charge in [0.05, 0.1) is 27.8 Å². The van der Waals surface area contributed by atoms with Gasteiger partial charge in [0, 0.05) is 26.3 Å². The summed E-state index contributed by atoms with van der Waals surface area (Å²) in [5, 5.41) is 2.73. The van der Waals surface area contributed by atoms with Gasteiger partial charge >= 0.3 is 5.97 Å². The first kappa shape index (κ1) is 22.9. The van der Waals surface area contributed by atoms with Gasteiger partial charge in [-0.3, -0.25) is 9.59 Å². The van der Waals surface area contributed by atoms with Crippen molar-refractivity contribution >= 4 is 17.6 Å². The van der Waals surface area contributed by atoms with E-state index in [0.29, 0.717) is 29.4 Å². The Morgan fingerprint density at radius 1 is 0.900 bits per heavy atom. The molecule has 0 unspecified atom stereocenters. The predicted octanol–water partition coefficient (Wildman–Crippen LogP) is 2.18. The number of rotatable bonds is 10. The number of hydrogen-bond acceptors (Lipinski definition) is 7. The van der Waals surface area contributed by atoms with Crippen LogP contribution in [0.25, 0.3) is 0 Å². The molecule has 30 heavy (non-hydrogen) atoms. The first-order valence-corrected chi connectivity index (χ1v) is 9.35. The highest BCUT2D eigenvalue weighted by Gasteiger charge is 2.16. The molecule has 8 nitrogen and oxygen atoms in total. The number of esters is 1. The topological polar surface area (TPSA) is 86.3 Å². The Balaban J connectivity index is 1.84. The third-order valence-corrected chi connectivity index (χ3v) is 4.38. The first-order chi connectivity index (χ1) is 14.4. The monoisotopic (exact) mass is 416 g/mol. The SMILES string of the molecule is COc1cc(CC(=O)OCC(=O)NCc2ccc(N(C)C)cc2)cc(OC)c1OC. The Labute approximate surface area is 176 Å². The van der Waals surface area contributed by atoms with Crippen LogP contribution in [0.15, 0.2) is 36.4 Å². The van der Waals surface area contributed by atoms with Crippen LogP contribution in [0.3, 0.4) is 0 Å². The Morgan fingerprint density at radius 2 is 1.50 bits per heavy atom. The molecule has 0 aliphatic carbocycles. The average molecular weight is 416 g/mol. The van der Waals surface area contributed by atoms with Crippen molar-refractivity contribution in [2.75, 3.05) is 46.9 Å². The van der Waals surface area contributed by atoms with Crippen molar-refractivity contribution in [2.45, 2.75) is 13.0 Å². The van der Waals surface area contributed by atoms with Gasteiger partial charge < -0.3 is 29.2 Å². The van der Waals surface area contributed by atoms with Gasteiger partial charge in [-0.05, 0) is 35.4 Å². The van der Waals surface area contributed by atoms with E-state index in [4.69, 9.17) is 18.9 Å². The fraction of sp³-hybridized carbons (Fsp3) is 0.364. The number of amides is 1. The van der Waals surface area contributed by atoms with Crippen LogP contribution in [-0.2, 0) is 27.3 Å². The van der Waals surface area contributed by atoms with Crippen LogP contribution >= 0.6 is 0 Å². The summed E-state index contributed by atoms with van der Waals surface area (Å²) in [6.45, 7) is 0.00993. The van der Waals surface area contributed by atoms with Gasteiger partial charge in [0.25, 0.3) is 5.91 Å². The number of anilines is 1. The van der Waals surface area contributed by atoms with Crippen LogP contribution in [0.2, 0.25) is 0 Å². The number of hydrogen-bond donors (Lipinski definition) is 1. The van der Waals surface area contributed by atoms with Crippen LogP contribution < -0.4 is 24.4 Å². The fourth-order valence-corrected chi connectivity index (χ4v) is 2.76. The predicted molar refractivity (Wildman–Crippen MR) is 113 cm³/mol. The molecule has 0 saturated heterocycles. The minimum atomic E-state index is -0.533. The Kier molecular flexibility index (Phi) is 8.34. The average Bonchev–Trinajstić information content (AvgIpc) is 2.75. The van der Waals surface area contributed by atoms with E-state index in [9.17, 15) is 9.59 Å². The molecule has 2 rings (SSSR count). The summed E-state index contributed by atoms with van der Waals surface area (Å²) in [6.07, 6.45) is -0.0318. The number of ether oxygens (including phenoxy) is 4. The normalized spacial score (nSPS) is 10.2. The van der Waals surface area contributed by atoms with Crippen LogP contribution in [-0.4, -0.2) is 53.9 Å². The molecule has 8 heteroatoms. The molecule has 0 heterocycles. The molecule has 162 valence electrons. The van der Waals surface area contributed by atoms with Crippen LogP contribution in [0.5, 0.6) is 17.2 Å². The van der Waals surface area contributed by atoms with Gasteiger partial charge in [-0.25, -0.2) is 0 Å². The minimum absolute atomic E-state index is 0.0318. The number of nitrogens with one attached hydrogen (secondary N) is 1. The molecule has 0 spiro atoms. The minimum Gasteiger partial charge on any atom is -0.493 e. The van der Waals surface area contributed by atoms with E-state index in [1.807, 2.05) is 43.3 Å². The largest absolute Gasteiger partial charge is 0.493 e. The first-order valence-electron chi connectivity index (χ1n) is 9.35. The third-order valence-electron chi connectivity index (χ3n) is 4.38. The molecule has 0 atom stereocenters. The van der Waals surface area contributed by atoms with Gasteiger partial charge in [-0.1, -0.05) is 12.1 Å². The van der Waals surface area contributed by atoms with Crippen molar-refractivity contribution in [3.05, 3.63) is 47.5 Å². The molecule has 1 amide bonds. The maximum Gasteiger partial charge on any atom is 0.310 e. The molecule has 0 aliphatic heterocycles. The summed E-state index contributed by atoms with van der Waals surface area (Å²) < 4.78 is 20.9. The smallest absolute Gasteiger partial charge is 0.310 e. The molecular weight excluding hydrogens is 388 g/mol. The van der Waals surface area contributed by atoms with Crippen LogP contribution in [0.4, 0.5) is 5.69 Å². The number of carbonyl (C=O) groups is 2. The van der Waals surface area contributed by atoms with Crippen molar-refractivity contribution < 1.29 is 28.5 Å². The van der Waals surface area contributed by atoms with Gasteiger partial charge in [-0.15, -0.1) is 0 Å². The zero-order chi connectivity index (χ0) is 22.1. The van der Waals surface area contributed by atoms with Crippen molar-refractivity contribution in [1.29, 1.82) is 0 Å². The molecular formula is C22H28N2O6. The molecule has 0 fully saturated rings. The number of nitrogens with zero attached hydrogens (tertiary/aromatic N) is 1. The highest BCUT2D eigenvalue weighted by Crippen LogP contribution is 2.38. The van der Waals surface area contributed by atoms with Crippen molar-refractivity contribution in [3.63, 3.8) is 0 Å². The Bertz CT molecular complexity index is 839. The molecule has 0 radical (unpaired) electrons. The maximum absolute atomic E-state index is 12.1. The van der Waals surface area contributed by atoms with E-state index < -0.39 is 5.97 Å². The van der Waals surface area contributed by atoms with E-state index in [-0.39, 0.29) is 18.9 Å². The summed E-state index contributed by atoms with van der Waals surface area (Å²) in [5.74, 6) is 0.421. The van der Waals surface area contributed by atoms with Crippen LogP contribution in [0, 0.1) is 0 Å². The van der Waals surface area contributed by atoms with Gasteiger partial charge in [0.2, 0.25) is 5.75 Å². The second-order valence-electron chi connectivity index (χ2n) is 6.71. The van der Waals surface area contributed by atoms with Crippen molar-refractivity contribution in [2.24, 2.45) is 0 Å². The highest BCUT2D eigenvalue weighted by molar-refractivity contribution is 5.81. The molecule has 0 aliphatic rings. The number of methoxy groups -OCH3 is 3. The molecule has 0 aromatic heterocycles. The van der Waals surface area contributed by atoms with Crippen molar-refractivity contribution in [3.8, 4) is 17.2 Å². The summed E-state index contributed by atoms with van der Waals surface area (Å²) in [6, 6.07) is 11.1. The summed E-state index contributed by atoms with van der Waals surface area (Å²) >= 11 is 0. The van der Waals surface area contributed by atoms with E-state index in [0.717, 1.165) is 11.3 Å². The van der Waals surface area contributed by atoms with Crippen molar-refractivity contribution in [1.82, 2.24) is 5.32 Å². The summed E-state index contributed by atoms with van der Waals surface area (Å²) in [7, 11) is 8.42. The lowest BCUT2D eigenvalue weighted by molar-refractivity contribution is -0.147. The van der Waals surface area contributed by atoms with E-state index in [1.54, 1.807) is 12.1 Å². The molecule has 2 aromatic rings. The lowest BCUT2D eigenvalue weighted by atomic mass is 10.1. The van der Waals surface area contributed by atoms with E-state index in [1.165, 1.54) is 21.3 Å². The lowest BCUT2D eigenvalue weighted by Crippen LogP contribution is -2.28. The summed E-state index contributed by atoms with van der Waals surface area (Å²) in [4.78, 5) is 26.1. The van der Waals surface area contributed by atoms with Gasteiger partial charge in [-0.2, -0.15) is 0 Å². The van der Waals surface area contributed by atoms with Crippen LogP contribution in [0.1, 0.15) is 11.1 Å². The highest BCUT2D eigenvalue weighted by atomic mass is 16.5. The molecule has 0 bridgehead atoms. The Morgan fingerprint density at radius 3 is 2.00 bits per heavy atom. The second kappa shape index (κ2) is 10.9. The molecule has 0 saturated carbocycles.